The number of amides is 1. The minimum Gasteiger partial charge on any atom is -0.459 e. The predicted octanol–water partition coefficient (Wildman–Crippen LogP) is 2.56. The van der Waals surface area contributed by atoms with E-state index in [0.717, 1.165) is 18.9 Å². The van der Waals surface area contributed by atoms with E-state index in [4.69, 9.17) is 4.42 Å². The summed E-state index contributed by atoms with van der Waals surface area (Å²) < 4.78 is 5.18. The molecule has 2 aliphatic heterocycles. The van der Waals surface area contributed by atoms with Crippen LogP contribution in [0.15, 0.2) is 22.8 Å². The molecule has 1 aromatic heterocycles. The number of nitrogens with zero attached hydrogens (tertiary/aromatic N) is 1. The Balaban J connectivity index is 1.42. The molecule has 108 valence electrons. The number of hydrogen-bond donors (Lipinski definition) is 1. The Bertz CT molecular complexity index is 467. The topological polar surface area (TPSA) is 45.5 Å². The Hall–Kier alpha value is -1.29. The highest BCUT2D eigenvalue weighted by molar-refractivity contribution is 5.91. The van der Waals surface area contributed by atoms with Gasteiger partial charge in [-0.3, -0.25) is 9.69 Å². The number of carbonyl (C=O) groups is 1. The number of nitrogens with one attached hydrogen (secondary N) is 1. The first kappa shape index (κ1) is 12.5. The van der Waals surface area contributed by atoms with Crippen molar-refractivity contribution in [2.75, 3.05) is 0 Å². The van der Waals surface area contributed by atoms with Crippen molar-refractivity contribution >= 4 is 5.91 Å². The molecule has 20 heavy (non-hydrogen) atoms. The third-order valence-electron chi connectivity index (χ3n) is 5.08. The second kappa shape index (κ2) is 4.92. The number of hydrogen-bond acceptors (Lipinski definition) is 3. The molecule has 2 saturated heterocycles. The molecule has 1 amide bonds. The number of furan rings is 1. The SMILES string of the molecule is O=C(NC1CC2CCCC(C1)N2C1CC1)c1ccco1. The van der Waals surface area contributed by atoms with Gasteiger partial charge < -0.3 is 9.73 Å². The molecule has 3 fully saturated rings. The van der Waals surface area contributed by atoms with Crippen molar-refractivity contribution in [2.24, 2.45) is 0 Å². The number of rotatable bonds is 3. The minimum absolute atomic E-state index is 0.0575. The Morgan fingerprint density at radius 2 is 1.90 bits per heavy atom. The van der Waals surface area contributed by atoms with Gasteiger partial charge >= 0.3 is 0 Å². The maximum atomic E-state index is 12.1. The van der Waals surface area contributed by atoms with Crippen LogP contribution in [-0.2, 0) is 0 Å². The molecular weight excluding hydrogens is 252 g/mol. The molecule has 1 aliphatic carbocycles. The Morgan fingerprint density at radius 1 is 1.15 bits per heavy atom. The van der Waals surface area contributed by atoms with Crippen LogP contribution in [0.5, 0.6) is 0 Å². The summed E-state index contributed by atoms with van der Waals surface area (Å²) >= 11 is 0. The van der Waals surface area contributed by atoms with Gasteiger partial charge in [0.05, 0.1) is 6.26 Å². The molecule has 0 radical (unpaired) electrons. The van der Waals surface area contributed by atoms with E-state index in [2.05, 4.69) is 10.2 Å². The lowest BCUT2D eigenvalue weighted by molar-refractivity contribution is 0.0172. The molecule has 4 heteroatoms. The van der Waals surface area contributed by atoms with Gasteiger partial charge in [0.1, 0.15) is 0 Å². The Labute approximate surface area is 119 Å². The van der Waals surface area contributed by atoms with E-state index in [0.29, 0.717) is 23.9 Å². The van der Waals surface area contributed by atoms with Crippen LogP contribution in [0.25, 0.3) is 0 Å². The summed E-state index contributed by atoms with van der Waals surface area (Å²) in [6.45, 7) is 0. The predicted molar refractivity (Wildman–Crippen MR) is 75.5 cm³/mol. The summed E-state index contributed by atoms with van der Waals surface area (Å²) in [6, 6.07) is 6.05. The second-order valence-electron chi connectivity index (χ2n) is 6.54. The molecule has 2 bridgehead atoms. The molecule has 0 spiro atoms. The molecule has 3 heterocycles. The highest BCUT2D eigenvalue weighted by Gasteiger charge is 2.45. The summed E-state index contributed by atoms with van der Waals surface area (Å²) in [7, 11) is 0. The van der Waals surface area contributed by atoms with Crippen LogP contribution in [0, 0.1) is 0 Å². The number of piperidine rings is 2. The van der Waals surface area contributed by atoms with Crippen molar-refractivity contribution in [2.45, 2.75) is 69.1 Å². The maximum absolute atomic E-state index is 12.1. The lowest BCUT2D eigenvalue weighted by Crippen LogP contribution is -2.57. The van der Waals surface area contributed by atoms with Crippen LogP contribution in [0.4, 0.5) is 0 Å². The minimum atomic E-state index is -0.0575. The zero-order chi connectivity index (χ0) is 13.5. The zero-order valence-corrected chi connectivity index (χ0v) is 11.8. The van der Waals surface area contributed by atoms with Crippen LogP contribution < -0.4 is 5.32 Å². The van der Waals surface area contributed by atoms with Crippen LogP contribution in [0.3, 0.4) is 0 Å². The van der Waals surface area contributed by atoms with Gasteiger partial charge in [0.2, 0.25) is 0 Å². The molecule has 2 unspecified atom stereocenters. The fourth-order valence-corrected chi connectivity index (χ4v) is 4.17. The van der Waals surface area contributed by atoms with E-state index < -0.39 is 0 Å². The van der Waals surface area contributed by atoms with Crippen molar-refractivity contribution < 1.29 is 9.21 Å². The standard InChI is InChI=1S/C16H22N2O2/c19-16(15-5-2-8-20-15)17-11-9-13-3-1-4-14(10-11)18(13)12-6-7-12/h2,5,8,11-14H,1,3-4,6-7,9-10H2,(H,17,19). The van der Waals surface area contributed by atoms with Gasteiger partial charge in [-0.05, 0) is 50.7 Å². The van der Waals surface area contributed by atoms with E-state index in [1.807, 2.05) is 0 Å². The van der Waals surface area contributed by atoms with Crippen LogP contribution >= 0.6 is 0 Å². The first-order valence-corrected chi connectivity index (χ1v) is 7.93. The number of carbonyl (C=O) groups excluding carboxylic acids is 1. The van der Waals surface area contributed by atoms with E-state index >= 15 is 0 Å². The first-order valence-electron chi connectivity index (χ1n) is 7.93. The normalized spacial score (nSPS) is 33.9. The summed E-state index contributed by atoms with van der Waals surface area (Å²) in [5, 5.41) is 3.17. The molecular formula is C16H22N2O2. The molecule has 1 N–H and O–H groups in total. The third kappa shape index (κ3) is 2.26. The van der Waals surface area contributed by atoms with Crippen molar-refractivity contribution in [1.29, 1.82) is 0 Å². The summed E-state index contributed by atoms with van der Waals surface area (Å²) in [5.41, 5.74) is 0. The quantitative estimate of drug-likeness (QED) is 0.921. The average Bonchev–Trinajstić information content (AvgIpc) is 3.11. The maximum Gasteiger partial charge on any atom is 0.287 e. The lowest BCUT2D eigenvalue weighted by Gasteiger charge is -2.49. The summed E-state index contributed by atoms with van der Waals surface area (Å²) in [4.78, 5) is 14.9. The smallest absolute Gasteiger partial charge is 0.287 e. The third-order valence-corrected chi connectivity index (χ3v) is 5.08. The van der Waals surface area contributed by atoms with E-state index in [9.17, 15) is 4.79 Å². The molecule has 1 aromatic rings. The lowest BCUT2D eigenvalue weighted by atomic mass is 9.81. The van der Waals surface area contributed by atoms with Gasteiger partial charge in [0.15, 0.2) is 5.76 Å². The van der Waals surface area contributed by atoms with Crippen LogP contribution in [0.1, 0.15) is 55.5 Å². The molecule has 4 rings (SSSR count). The van der Waals surface area contributed by atoms with Gasteiger partial charge in [-0.25, -0.2) is 0 Å². The van der Waals surface area contributed by atoms with Gasteiger partial charge in [-0.2, -0.15) is 0 Å². The fourth-order valence-electron chi connectivity index (χ4n) is 4.17. The summed E-state index contributed by atoms with van der Waals surface area (Å²) in [6.07, 6.45) is 10.5. The van der Waals surface area contributed by atoms with Crippen LogP contribution in [0.2, 0.25) is 0 Å². The fraction of sp³-hybridized carbons (Fsp3) is 0.688. The average molecular weight is 274 g/mol. The largest absolute Gasteiger partial charge is 0.459 e. The van der Waals surface area contributed by atoms with Crippen molar-refractivity contribution in [1.82, 2.24) is 10.2 Å². The summed E-state index contributed by atoms with van der Waals surface area (Å²) in [5.74, 6) is 0.373. The monoisotopic (exact) mass is 274 g/mol. The molecule has 3 aliphatic rings. The molecule has 4 nitrogen and oxygen atoms in total. The van der Waals surface area contributed by atoms with Crippen LogP contribution in [-0.4, -0.2) is 35.0 Å². The van der Waals surface area contributed by atoms with E-state index in [1.54, 1.807) is 18.4 Å². The molecule has 2 atom stereocenters. The van der Waals surface area contributed by atoms with Gasteiger partial charge in [-0.1, -0.05) is 6.42 Å². The van der Waals surface area contributed by atoms with Crippen molar-refractivity contribution in [3.8, 4) is 0 Å². The van der Waals surface area contributed by atoms with Gasteiger partial charge in [0.25, 0.3) is 5.91 Å². The van der Waals surface area contributed by atoms with E-state index in [1.165, 1.54) is 32.1 Å². The highest BCUT2D eigenvalue weighted by atomic mass is 16.3. The molecule has 0 aromatic carbocycles. The first-order chi connectivity index (χ1) is 9.81. The Morgan fingerprint density at radius 3 is 2.50 bits per heavy atom. The second-order valence-corrected chi connectivity index (χ2v) is 6.54. The van der Waals surface area contributed by atoms with Crippen molar-refractivity contribution in [3.63, 3.8) is 0 Å². The van der Waals surface area contributed by atoms with Crippen molar-refractivity contribution in [3.05, 3.63) is 24.2 Å². The number of fused-ring (bicyclic) bond motifs is 2. The van der Waals surface area contributed by atoms with Gasteiger partial charge in [-0.15, -0.1) is 0 Å². The van der Waals surface area contributed by atoms with Gasteiger partial charge in [0, 0.05) is 24.2 Å². The van der Waals surface area contributed by atoms with E-state index in [-0.39, 0.29) is 5.91 Å². The zero-order valence-electron chi connectivity index (χ0n) is 11.8. The highest BCUT2D eigenvalue weighted by Crippen LogP contribution is 2.41. The Kier molecular flexibility index (Phi) is 3.06. The molecule has 1 saturated carbocycles.